The topological polar surface area (TPSA) is 101 Å². The third kappa shape index (κ3) is 4.06. The summed E-state index contributed by atoms with van der Waals surface area (Å²) < 4.78 is 4.90. The van der Waals surface area contributed by atoms with E-state index in [0.29, 0.717) is 31.3 Å². The predicted molar refractivity (Wildman–Crippen MR) is 130 cm³/mol. The number of rotatable bonds is 8. The van der Waals surface area contributed by atoms with E-state index in [0.717, 1.165) is 24.0 Å². The Labute approximate surface area is 203 Å². The van der Waals surface area contributed by atoms with Gasteiger partial charge in [-0.25, -0.2) is 0 Å². The molecule has 190 valence electrons. The lowest BCUT2D eigenvalue weighted by Gasteiger charge is -2.58. The minimum atomic E-state index is -0.794. The fourth-order valence-corrected chi connectivity index (χ4v) is 7.98. The summed E-state index contributed by atoms with van der Waals surface area (Å²) in [5, 5.41) is 20.7. The number of esters is 1. The van der Waals surface area contributed by atoms with E-state index in [1.807, 2.05) is 6.92 Å². The van der Waals surface area contributed by atoms with Gasteiger partial charge in [-0.05, 0) is 73.2 Å². The molecule has 0 heterocycles. The Kier molecular flexibility index (Phi) is 7.25. The van der Waals surface area contributed by atoms with Crippen molar-refractivity contribution in [3.63, 3.8) is 0 Å². The maximum absolute atomic E-state index is 14.0. The number of ketones is 1. The van der Waals surface area contributed by atoms with Crippen LogP contribution in [0.2, 0.25) is 0 Å². The molecule has 0 aliphatic heterocycles. The van der Waals surface area contributed by atoms with Crippen LogP contribution in [0.3, 0.4) is 0 Å². The van der Waals surface area contributed by atoms with E-state index < -0.39 is 17.5 Å². The molecule has 0 saturated heterocycles. The highest BCUT2D eigenvalue weighted by molar-refractivity contribution is 6.00. The molecule has 6 nitrogen and oxygen atoms in total. The molecule has 0 amide bonds. The van der Waals surface area contributed by atoms with E-state index in [9.17, 15) is 24.6 Å². The van der Waals surface area contributed by atoms with Crippen LogP contribution >= 0.6 is 0 Å². The van der Waals surface area contributed by atoms with Crippen LogP contribution in [-0.4, -0.2) is 41.1 Å². The van der Waals surface area contributed by atoms with Gasteiger partial charge in [-0.1, -0.05) is 39.8 Å². The molecule has 0 aromatic rings. The van der Waals surface area contributed by atoms with Crippen molar-refractivity contribution >= 4 is 17.7 Å². The molecule has 1 fully saturated rings. The van der Waals surface area contributed by atoms with Gasteiger partial charge < -0.3 is 14.9 Å². The van der Waals surface area contributed by atoms with Crippen molar-refractivity contribution in [1.82, 2.24) is 0 Å². The number of aliphatic hydroxyl groups is 1. The normalized spacial score (nSPS) is 38.2. The van der Waals surface area contributed by atoms with Crippen molar-refractivity contribution in [3.05, 3.63) is 23.3 Å². The molecule has 7 atom stereocenters. The fraction of sp³-hybridized carbons (Fsp3) is 0.750. The number of hydrogen-bond acceptors (Lipinski definition) is 5. The molecule has 0 bridgehead atoms. The van der Waals surface area contributed by atoms with Gasteiger partial charge >= 0.3 is 11.9 Å². The highest BCUT2D eigenvalue weighted by Gasteiger charge is 2.65. The van der Waals surface area contributed by atoms with Crippen molar-refractivity contribution in [2.45, 2.75) is 92.1 Å². The summed E-state index contributed by atoms with van der Waals surface area (Å²) >= 11 is 0. The number of carboxylic acid groups (broad SMARTS) is 1. The Balaban J connectivity index is 2.11. The highest BCUT2D eigenvalue weighted by atomic mass is 16.5. The first-order valence-corrected chi connectivity index (χ1v) is 12.6. The molecule has 1 saturated carbocycles. The zero-order valence-corrected chi connectivity index (χ0v) is 21.7. The molecule has 3 aliphatic carbocycles. The number of Topliss-reactive ketones (excluding diaryl/α,β-unsaturated/α-hetero) is 1. The lowest BCUT2D eigenvalue weighted by Crippen LogP contribution is -2.54. The van der Waals surface area contributed by atoms with Gasteiger partial charge in [-0.2, -0.15) is 0 Å². The molecule has 0 spiro atoms. The molecule has 3 rings (SSSR count). The van der Waals surface area contributed by atoms with E-state index in [2.05, 4.69) is 34.3 Å². The number of aliphatic carboxylic acids is 1. The van der Waals surface area contributed by atoms with Crippen LogP contribution in [-0.2, 0) is 19.1 Å². The zero-order valence-electron chi connectivity index (χ0n) is 21.7. The number of methoxy groups -OCH3 is 1. The van der Waals surface area contributed by atoms with Gasteiger partial charge in [0.25, 0.3) is 0 Å². The third-order valence-electron chi connectivity index (χ3n) is 10.0. The molecule has 0 radical (unpaired) electrons. The minimum absolute atomic E-state index is 0.0599. The van der Waals surface area contributed by atoms with Crippen molar-refractivity contribution < 1.29 is 29.3 Å². The molecule has 1 unspecified atom stereocenters. The van der Waals surface area contributed by atoms with Crippen molar-refractivity contribution in [1.29, 1.82) is 0 Å². The van der Waals surface area contributed by atoms with E-state index in [4.69, 9.17) is 4.74 Å². The van der Waals surface area contributed by atoms with E-state index in [1.165, 1.54) is 7.11 Å². The molecule has 2 N–H and O–H groups in total. The van der Waals surface area contributed by atoms with E-state index >= 15 is 0 Å². The zero-order chi connectivity index (χ0) is 25.6. The second kappa shape index (κ2) is 9.25. The van der Waals surface area contributed by atoms with Crippen molar-refractivity contribution in [2.24, 2.45) is 34.0 Å². The summed E-state index contributed by atoms with van der Waals surface area (Å²) in [7, 11) is 1.37. The smallest absolute Gasteiger partial charge is 0.305 e. The van der Waals surface area contributed by atoms with Gasteiger partial charge in [-0.15, -0.1) is 0 Å². The van der Waals surface area contributed by atoms with Crippen molar-refractivity contribution in [2.75, 3.05) is 7.11 Å². The number of hydrogen-bond donors (Lipinski definition) is 2. The molecule has 3 aliphatic rings. The molecular formula is C28H42O6. The lowest BCUT2D eigenvalue weighted by molar-refractivity contribution is -0.142. The van der Waals surface area contributed by atoms with Crippen molar-refractivity contribution in [3.8, 4) is 0 Å². The maximum atomic E-state index is 14.0. The Morgan fingerprint density at radius 2 is 1.88 bits per heavy atom. The lowest BCUT2D eigenvalue weighted by atomic mass is 9.46. The standard InChI is InChI=1S/C28H42O6/c1-16(2)19-14-20(29)25-24(26(19,4)12-11-23(33)34-7)21(30)15-28(6)18(10-13-27(25,28)5)17(3)8-9-22(31)32/h17-20,29H,1,8-15H2,2-7H3,(H,31,32)/t17-,18-,19?,20+,26+,27+,28-/m1/s1. The maximum Gasteiger partial charge on any atom is 0.305 e. The van der Waals surface area contributed by atoms with E-state index in [-0.39, 0.29) is 53.2 Å². The number of aliphatic hydroxyl groups excluding tert-OH is 1. The van der Waals surface area contributed by atoms with Gasteiger partial charge in [0.15, 0.2) is 5.78 Å². The van der Waals surface area contributed by atoms with Gasteiger partial charge in [0, 0.05) is 30.3 Å². The Morgan fingerprint density at radius 1 is 1.24 bits per heavy atom. The SMILES string of the molecule is C=C(C)C1C[C@H](O)C2=C(C(=O)C[C@]3(C)[C@@H]([C@H](C)CCC(=O)O)CC[C@@]23C)[C@@]1(C)CCC(=O)OC. The largest absolute Gasteiger partial charge is 0.481 e. The molecular weight excluding hydrogens is 432 g/mol. The number of ether oxygens (including phenoxy) is 1. The van der Waals surface area contributed by atoms with Gasteiger partial charge in [-0.3, -0.25) is 14.4 Å². The first kappa shape index (κ1) is 26.7. The number of allylic oxidation sites excluding steroid dienone is 2. The Bertz CT molecular complexity index is 918. The number of fused-ring (bicyclic) bond motifs is 2. The fourth-order valence-electron chi connectivity index (χ4n) is 7.98. The predicted octanol–water partition coefficient (Wildman–Crippen LogP) is 5.10. The van der Waals surface area contributed by atoms with Crippen LogP contribution in [0.4, 0.5) is 0 Å². The second-order valence-electron chi connectivity index (χ2n) is 11.8. The first-order chi connectivity index (χ1) is 15.7. The summed E-state index contributed by atoms with van der Waals surface area (Å²) in [4.78, 5) is 37.2. The molecule has 0 aromatic heterocycles. The van der Waals surface area contributed by atoms with Crippen LogP contribution in [0.1, 0.15) is 86.0 Å². The van der Waals surface area contributed by atoms with Gasteiger partial charge in [0.05, 0.1) is 13.2 Å². The van der Waals surface area contributed by atoms with Crippen LogP contribution in [0.5, 0.6) is 0 Å². The van der Waals surface area contributed by atoms with E-state index in [1.54, 1.807) is 0 Å². The number of carbonyl (C=O) groups is 3. The third-order valence-corrected chi connectivity index (χ3v) is 10.0. The van der Waals surface area contributed by atoms with Gasteiger partial charge in [0.1, 0.15) is 0 Å². The average Bonchev–Trinajstić information content (AvgIpc) is 3.02. The second-order valence-corrected chi connectivity index (χ2v) is 11.8. The molecule has 6 heteroatoms. The number of carbonyl (C=O) groups excluding carboxylic acids is 2. The minimum Gasteiger partial charge on any atom is -0.481 e. The summed E-state index contributed by atoms with van der Waals surface area (Å²) in [6.45, 7) is 14.7. The van der Waals surface area contributed by atoms with Crippen LogP contribution in [0, 0.1) is 34.0 Å². The highest BCUT2D eigenvalue weighted by Crippen LogP contribution is 2.70. The summed E-state index contributed by atoms with van der Waals surface area (Å²) in [5.41, 5.74) is 1.19. The molecule has 0 aromatic carbocycles. The number of carboxylic acids is 1. The van der Waals surface area contributed by atoms with Crippen LogP contribution in [0.15, 0.2) is 23.3 Å². The Morgan fingerprint density at radius 3 is 2.44 bits per heavy atom. The first-order valence-electron chi connectivity index (χ1n) is 12.6. The Hall–Kier alpha value is -1.95. The van der Waals surface area contributed by atoms with Gasteiger partial charge in [0.2, 0.25) is 0 Å². The summed E-state index contributed by atoms with van der Waals surface area (Å²) in [5.74, 6) is -0.756. The van der Waals surface area contributed by atoms with Crippen LogP contribution in [0.25, 0.3) is 0 Å². The monoisotopic (exact) mass is 474 g/mol. The molecule has 34 heavy (non-hydrogen) atoms. The summed E-state index contributed by atoms with van der Waals surface area (Å²) in [6.07, 6.45) is 3.30. The average molecular weight is 475 g/mol. The summed E-state index contributed by atoms with van der Waals surface area (Å²) in [6, 6.07) is 0. The van der Waals surface area contributed by atoms with Crippen LogP contribution < -0.4 is 0 Å². The quantitative estimate of drug-likeness (QED) is 0.375.